The lowest BCUT2D eigenvalue weighted by molar-refractivity contribution is -0.204. The summed E-state index contributed by atoms with van der Waals surface area (Å²) >= 11 is 0. The minimum Gasteiger partial charge on any atom is -0.411 e. The molecular formula is C23H44O4Si. The maximum atomic E-state index is 11.6. The monoisotopic (exact) mass is 412 g/mol. The topological polar surface area (TPSA) is 47.9 Å². The highest BCUT2D eigenvalue weighted by molar-refractivity contribution is 6.73. The Labute approximate surface area is 173 Å². The molecule has 0 radical (unpaired) electrons. The number of hydrogen-bond acceptors (Lipinski definition) is 4. The first kappa shape index (κ1) is 22.7. The van der Waals surface area contributed by atoms with Crippen molar-refractivity contribution in [2.45, 2.75) is 140 Å². The summed E-state index contributed by atoms with van der Waals surface area (Å²) in [6, 6.07) is 3.37. The largest absolute Gasteiger partial charge is 0.411 e. The van der Waals surface area contributed by atoms with Gasteiger partial charge in [0.2, 0.25) is 0 Å². The van der Waals surface area contributed by atoms with Crippen LogP contribution in [0.25, 0.3) is 0 Å². The Balaban J connectivity index is 1.78. The van der Waals surface area contributed by atoms with Crippen LogP contribution < -0.4 is 0 Å². The van der Waals surface area contributed by atoms with Gasteiger partial charge in [0, 0.05) is 12.8 Å². The average molecular weight is 413 g/mol. The van der Waals surface area contributed by atoms with Crippen LogP contribution in [0.15, 0.2) is 0 Å². The summed E-state index contributed by atoms with van der Waals surface area (Å²) in [5.74, 6) is 0.00820. The standard InChI is InChI=1S/C23H44O4Si/c1-5-28(6-2,7-3)27-22(19-14-10-8-11-15-19)20(24)21-18(4)25-23(26-21)16-12-9-13-17-23/h18-22,24H,5-17H2,1-4H3. The fraction of sp³-hybridized carbons (Fsp3) is 1.00. The third kappa shape index (κ3) is 4.85. The van der Waals surface area contributed by atoms with Crippen molar-refractivity contribution in [3.63, 3.8) is 0 Å². The molecule has 0 aromatic heterocycles. The first-order chi connectivity index (χ1) is 13.5. The summed E-state index contributed by atoms with van der Waals surface area (Å²) < 4.78 is 19.8. The van der Waals surface area contributed by atoms with Crippen LogP contribution in [0.5, 0.6) is 0 Å². The van der Waals surface area contributed by atoms with Gasteiger partial charge >= 0.3 is 0 Å². The molecule has 0 amide bonds. The van der Waals surface area contributed by atoms with Gasteiger partial charge in [-0.3, -0.25) is 0 Å². The highest BCUT2D eigenvalue weighted by Gasteiger charge is 2.52. The zero-order valence-corrected chi connectivity index (χ0v) is 19.8. The minimum atomic E-state index is -1.80. The Morgan fingerprint density at radius 2 is 1.50 bits per heavy atom. The van der Waals surface area contributed by atoms with E-state index < -0.39 is 20.2 Å². The Kier molecular flexibility index (Phi) is 8.05. The third-order valence-electron chi connectivity index (χ3n) is 7.94. The minimum absolute atomic E-state index is 0.0660. The third-order valence-corrected chi connectivity index (χ3v) is 12.6. The van der Waals surface area contributed by atoms with Gasteiger partial charge in [0.05, 0.1) is 12.2 Å². The molecule has 2 saturated carbocycles. The SMILES string of the molecule is CC[Si](CC)(CC)OC(C1CCCCC1)C(O)C1OC2(CCCCC2)OC1C. The van der Waals surface area contributed by atoms with E-state index >= 15 is 0 Å². The van der Waals surface area contributed by atoms with Gasteiger partial charge in [-0.1, -0.05) is 46.5 Å². The van der Waals surface area contributed by atoms with E-state index in [1.165, 1.54) is 38.5 Å². The van der Waals surface area contributed by atoms with Crippen molar-refractivity contribution in [3.05, 3.63) is 0 Å². The molecular weight excluding hydrogens is 368 g/mol. The van der Waals surface area contributed by atoms with Gasteiger partial charge in [-0.25, -0.2) is 0 Å². The van der Waals surface area contributed by atoms with Crippen LogP contribution in [-0.4, -0.2) is 43.6 Å². The van der Waals surface area contributed by atoms with Crippen LogP contribution >= 0.6 is 0 Å². The molecule has 4 unspecified atom stereocenters. The second kappa shape index (κ2) is 9.91. The maximum absolute atomic E-state index is 11.6. The first-order valence-electron chi connectivity index (χ1n) is 12.2. The maximum Gasteiger partial charge on any atom is 0.192 e. The highest BCUT2D eigenvalue weighted by Crippen LogP contribution is 2.43. The number of rotatable bonds is 8. The lowest BCUT2D eigenvalue weighted by atomic mass is 9.82. The van der Waals surface area contributed by atoms with E-state index in [4.69, 9.17) is 13.9 Å². The number of hydrogen-bond donors (Lipinski definition) is 1. The number of aliphatic hydroxyl groups is 1. The van der Waals surface area contributed by atoms with Gasteiger partial charge in [0.25, 0.3) is 0 Å². The van der Waals surface area contributed by atoms with Gasteiger partial charge in [0.15, 0.2) is 14.1 Å². The second-order valence-electron chi connectivity index (χ2n) is 9.59. The summed E-state index contributed by atoms with van der Waals surface area (Å²) in [5.41, 5.74) is 0. The van der Waals surface area contributed by atoms with E-state index in [2.05, 4.69) is 27.7 Å². The zero-order valence-electron chi connectivity index (χ0n) is 18.8. The Morgan fingerprint density at radius 3 is 2.07 bits per heavy atom. The fourth-order valence-electron chi connectivity index (χ4n) is 5.83. The molecule has 5 heteroatoms. The molecule has 3 fully saturated rings. The number of aliphatic hydroxyl groups excluding tert-OH is 1. The highest BCUT2D eigenvalue weighted by atomic mass is 28.4. The van der Waals surface area contributed by atoms with E-state index in [1.54, 1.807) is 0 Å². The lowest BCUT2D eigenvalue weighted by Gasteiger charge is -2.42. The van der Waals surface area contributed by atoms with Crippen molar-refractivity contribution >= 4 is 8.32 Å². The molecule has 1 spiro atoms. The molecule has 164 valence electrons. The van der Waals surface area contributed by atoms with Crippen molar-refractivity contribution in [3.8, 4) is 0 Å². The van der Waals surface area contributed by atoms with Crippen LogP contribution in [0.3, 0.4) is 0 Å². The van der Waals surface area contributed by atoms with Crippen LogP contribution in [-0.2, 0) is 13.9 Å². The second-order valence-corrected chi connectivity index (χ2v) is 14.3. The van der Waals surface area contributed by atoms with E-state index in [1.807, 2.05) is 0 Å². The van der Waals surface area contributed by atoms with Crippen LogP contribution in [0.1, 0.15) is 91.9 Å². The van der Waals surface area contributed by atoms with Crippen molar-refractivity contribution in [2.24, 2.45) is 5.92 Å². The summed E-state index contributed by atoms with van der Waals surface area (Å²) in [4.78, 5) is 0. The molecule has 3 aliphatic rings. The zero-order chi connectivity index (χ0) is 20.2. The van der Waals surface area contributed by atoms with E-state index in [0.29, 0.717) is 5.92 Å². The predicted octanol–water partition coefficient (Wildman–Crippen LogP) is 5.78. The van der Waals surface area contributed by atoms with E-state index in [-0.39, 0.29) is 18.3 Å². The number of ether oxygens (including phenoxy) is 2. The molecule has 0 bridgehead atoms. The summed E-state index contributed by atoms with van der Waals surface area (Å²) in [6.07, 6.45) is 10.7. The van der Waals surface area contributed by atoms with Crippen molar-refractivity contribution in [2.75, 3.05) is 0 Å². The molecule has 1 saturated heterocycles. The Morgan fingerprint density at radius 1 is 0.929 bits per heavy atom. The molecule has 28 heavy (non-hydrogen) atoms. The molecule has 0 aromatic rings. The smallest absolute Gasteiger partial charge is 0.192 e. The van der Waals surface area contributed by atoms with Gasteiger partial charge in [0.1, 0.15) is 12.2 Å². The quantitative estimate of drug-likeness (QED) is 0.513. The summed E-state index contributed by atoms with van der Waals surface area (Å²) in [6.45, 7) is 8.91. The molecule has 1 heterocycles. The van der Waals surface area contributed by atoms with Crippen LogP contribution in [0.4, 0.5) is 0 Å². The molecule has 1 N–H and O–H groups in total. The van der Waals surface area contributed by atoms with Crippen molar-refractivity contribution in [1.82, 2.24) is 0 Å². The van der Waals surface area contributed by atoms with E-state index in [0.717, 1.165) is 43.8 Å². The molecule has 4 atom stereocenters. The van der Waals surface area contributed by atoms with Gasteiger partial charge in [-0.05, 0) is 56.7 Å². The Bertz CT molecular complexity index is 461. The van der Waals surface area contributed by atoms with E-state index in [9.17, 15) is 5.11 Å². The normalized spacial score (nSPS) is 31.2. The fourth-order valence-corrected chi connectivity index (χ4v) is 8.74. The van der Waals surface area contributed by atoms with Crippen LogP contribution in [0, 0.1) is 5.92 Å². The summed E-state index contributed by atoms with van der Waals surface area (Å²) in [5, 5.41) is 11.6. The van der Waals surface area contributed by atoms with Gasteiger partial charge < -0.3 is 19.0 Å². The predicted molar refractivity (Wildman–Crippen MR) is 116 cm³/mol. The van der Waals surface area contributed by atoms with Gasteiger partial charge in [-0.15, -0.1) is 0 Å². The first-order valence-corrected chi connectivity index (χ1v) is 14.7. The molecule has 2 aliphatic carbocycles. The molecule has 4 nitrogen and oxygen atoms in total. The van der Waals surface area contributed by atoms with Crippen LogP contribution in [0.2, 0.25) is 18.1 Å². The molecule has 1 aliphatic heterocycles. The van der Waals surface area contributed by atoms with Crippen molar-refractivity contribution < 1.29 is 19.0 Å². The Hall–Kier alpha value is 0.0569. The van der Waals surface area contributed by atoms with Gasteiger partial charge in [-0.2, -0.15) is 0 Å². The average Bonchev–Trinajstić information content (AvgIpc) is 3.05. The summed E-state index contributed by atoms with van der Waals surface area (Å²) in [7, 11) is -1.80. The van der Waals surface area contributed by atoms with Crippen molar-refractivity contribution in [1.29, 1.82) is 0 Å². The molecule has 0 aromatic carbocycles. The lowest BCUT2D eigenvalue weighted by Crippen LogP contribution is -2.53. The molecule has 3 rings (SSSR count).